The fourth-order valence-corrected chi connectivity index (χ4v) is 7.41. The minimum Gasteiger partial charge on any atom is -0.448 e. The van der Waals surface area contributed by atoms with Gasteiger partial charge in [-0.25, -0.2) is 27.5 Å². The molecule has 0 radical (unpaired) electrons. The lowest BCUT2D eigenvalue weighted by molar-refractivity contribution is -0.143. The van der Waals surface area contributed by atoms with Gasteiger partial charge in [0.1, 0.15) is 12.9 Å². The Bertz CT molecular complexity index is 1540. The van der Waals surface area contributed by atoms with Crippen LogP contribution in [0.4, 0.5) is 23.4 Å². The van der Waals surface area contributed by atoms with Crippen LogP contribution in [0.25, 0.3) is 0 Å². The maximum Gasteiger partial charge on any atom is 0.406 e. The number of ether oxygens (including phenoxy) is 2. The number of hydrogen-bond acceptors (Lipinski definition) is 9. The summed E-state index contributed by atoms with van der Waals surface area (Å²) in [6.45, 7) is 9.01. The van der Waals surface area contributed by atoms with Gasteiger partial charge in [-0.15, -0.1) is 0 Å². The summed E-state index contributed by atoms with van der Waals surface area (Å²) < 4.78 is 93.9. The van der Waals surface area contributed by atoms with Crippen molar-refractivity contribution in [3.63, 3.8) is 0 Å². The number of hydrogen-bond donors (Lipinski definition) is 1. The van der Waals surface area contributed by atoms with E-state index in [1.165, 1.54) is 38.5 Å². The molecule has 0 unspecified atom stereocenters. The Balaban J connectivity index is 1.17. The van der Waals surface area contributed by atoms with Gasteiger partial charge in [0.15, 0.2) is 23.1 Å². The smallest absolute Gasteiger partial charge is 0.406 e. The summed E-state index contributed by atoms with van der Waals surface area (Å²) in [5.41, 5.74) is -0.273. The highest BCUT2D eigenvalue weighted by Gasteiger charge is 2.46. The lowest BCUT2D eigenvalue weighted by Gasteiger charge is -2.54. The van der Waals surface area contributed by atoms with Crippen LogP contribution in [0, 0.1) is 11.2 Å². The Labute approximate surface area is 279 Å². The molecule has 1 aromatic heterocycles. The number of amides is 1. The SMILES string of the molecule is CC(C)N(CC(F)(F)F)C(=O)c1cccc(F)c1Oc1cncnc1N1CC2(CCN(C[C@@H]3CC[C@@H](NS(=O)(=O)C(C)C)CO3)CC2)C1. The molecule has 48 heavy (non-hydrogen) atoms. The normalized spacial score (nSPS) is 21.8. The predicted molar refractivity (Wildman–Crippen MR) is 171 cm³/mol. The van der Waals surface area contributed by atoms with Crippen LogP contribution in [0.2, 0.25) is 0 Å². The highest BCUT2D eigenvalue weighted by atomic mass is 32.2. The molecule has 5 rings (SSSR count). The predicted octanol–water partition coefficient (Wildman–Crippen LogP) is 4.60. The third-order valence-electron chi connectivity index (χ3n) is 9.35. The topological polar surface area (TPSA) is 117 Å². The average Bonchev–Trinajstić information content (AvgIpc) is 3.00. The first-order chi connectivity index (χ1) is 22.6. The van der Waals surface area contributed by atoms with E-state index in [0.717, 1.165) is 51.4 Å². The standard InChI is InChI=1S/C32H44F4N6O5S/c1-21(2)42(19-32(34,35)36)30(43)25-6-5-7-26(33)28(25)47-27-14-37-20-38-29(27)41-17-31(18-41)10-12-40(13-11-31)15-24-9-8-23(16-46-24)39-48(44,45)22(3)4/h5-7,14,20-24,39H,8-13,15-19H2,1-4H3/t23-,24+/m1/s1. The molecule has 266 valence electrons. The Hall–Kier alpha value is -3.08. The molecule has 3 aliphatic heterocycles. The van der Waals surface area contributed by atoms with Crippen LogP contribution >= 0.6 is 0 Å². The van der Waals surface area contributed by atoms with E-state index in [9.17, 15) is 26.4 Å². The van der Waals surface area contributed by atoms with Gasteiger partial charge in [0.2, 0.25) is 10.0 Å². The van der Waals surface area contributed by atoms with E-state index in [4.69, 9.17) is 9.47 Å². The molecule has 2 aromatic rings. The molecule has 2 atom stereocenters. The van der Waals surface area contributed by atoms with Crippen molar-refractivity contribution in [2.75, 3.05) is 50.8 Å². The molecule has 0 saturated carbocycles. The number of likely N-dealkylation sites (tertiary alicyclic amines) is 1. The lowest BCUT2D eigenvalue weighted by Crippen LogP contribution is -2.61. The molecular weight excluding hydrogens is 656 g/mol. The number of alkyl halides is 3. The van der Waals surface area contributed by atoms with Crippen molar-refractivity contribution < 1.29 is 40.2 Å². The zero-order valence-corrected chi connectivity index (χ0v) is 28.5. The zero-order valence-electron chi connectivity index (χ0n) is 27.7. The Morgan fingerprint density at radius 3 is 2.48 bits per heavy atom. The molecule has 4 heterocycles. The van der Waals surface area contributed by atoms with Gasteiger partial charge in [-0.2, -0.15) is 13.2 Å². The molecule has 3 saturated heterocycles. The number of anilines is 1. The van der Waals surface area contributed by atoms with Crippen LogP contribution in [0.5, 0.6) is 11.5 Å². The summed E-state index contributed by atoms with van der Waals surface area (Å²) in [4.78, 5) is 26.7. The van der Waals surface area contributed by atoms with Crippen molar-refractivity contribution in [3.05, 3.63) is 42.1 Å². The highest BCUT2D eigenvalue weighted by Crippen LogP contribution is 2.45. The van der Waals surface area contributed by atoms with E-state index >= 15 is 4.39 Å². The Morgan fingerprint density at radius 1 is 1.17 bits per heavy atom. The largest absolute Gasteiger partial charge is 0.448 e. The van der Waals surface area contributed by atoms with Gasteiger partial charge in [0.25, 0.3) is 5.91 Å². The van der Waals surface area contributed by atoms with Crippen molar-refractivity contribution in [2.45, 2.75) is 83.0 Å². The molecule has 3 aliphatic rings. The number of para-hydroxylation sites is 1. The van der Waals surface area contributed by atoms with E-state index in [1.54, 1.807) is 13.8 Å². The summed E-state index contributed by atoms with van der Waals surface area (Å²) in [5.74, 6) is -1.87. The van der Waals surface area contributed by atoms with Gasteiger partial charge in [-0.1, -0.05) is 6.07 Å². The number of benzene rings is 1. The van der Waals surface area contributed by atoms with Crippen molar-refractivity contribution >= 4 is 21.7 Å². The van der Waals surface area contributed by atoms with Crippen molar-refractivity contribution in [1.29, 1.82) is 0 Å². The molecule has 1 aromatic carbocycles. The van der Waals surface area contributed by atoms with Crippen LogP contribution in [0.1, 0.15) is 63.7 Å². The number of halogens is 4. The highest BCUT2D eigenvalue weighted by molar-refractivity contribution is 7.90. The molecule has 1 amide bonds. The molecule has 3 fully saturated rings. The Morgan fingerprint density at radius 2 is 1.88 bits per heavy atom. The molecule has 1 N–H and O–H groups in total. The molecule has 11 nitrogen and oxygen atoms in total. The summed E-state index contributed by atoms with van der Waals surface area (Å²) >= 11 is 0. The van der Waals surface area contributed by atoms with E-state index < -0.39 is 51.5 Å². The van der Waals surface area contributed by atoms with Gasteiger partial charge in [0.05, 0.1) is 29.7 Å². The van der Waals surface area contributed by atoms with Gasteiger partial charge >= 0.3 is 6.18 Å². The molecule has 0 aliphatic carbocycles. The van der Waals surface area contributed by atoms with Crippen LogP contribution in [-0.4, -0.2) is 110 Å². The second kappa shape index (κ2) is 14.4. The van der Waals surface area contributed by atoms with Crippen molar-refractivity contribution in [2.24, 2.45) is 5.41 Å². The van der Waals surface area contributed by atoms with Gasteiger partial charge in [-0.05, 0) is 78.6 Å². The van der Waals surface area contributed by atoms with E-state index in [2.05, 4.69) is 19.6 Å². The number of rotatable bonds is 11. The first-order valence-corrected chi connectivity index (χ1v) is 17.8. The van der Waals surface area contributed by atoms with Crippen LogP contribution in [0.3, 0.4) is 0 Å². The van der Waals surface area contributed by atoms with E-state index in [-0.39, 0.29) is 28.9 Å². The minimum atomic E-state index is -4.64. The van der Waals surface area contributed by atoms with Crippen molar-refractivity contribution in [3.8, 4) is 11.5 Å². The van der Waals surface area contributed by atoms with Gasteiger partial charge in [-0.3, -0.25) is 4.79 Å². The average molecular weight is 701 g/mol. The number of carbonyl (C=O) groups is 1. The van der Waals surface area contributed by atoms with Crippen LogP contribution in [0.15, 0.2) is 30.7 Å². The first kappa shape index (κ1) is 36.2. The monoisotopic (exact) mass is 700 g/mol. The van der Waals surface area contributed by atoms with E-state index in [1.807, 2.05) is 4.90 Å². The number of nitrogens with one attached hydrogen (secondary N) is 1. The minimum absolute atomic E-state index is 0.0497. The quantitative estimate of drug-likeness (QED) is 0.336. The summed E-state index contributed by atoms with van der Waals surface area (Å²) in [5, 5.41) is -0.488. The van der Waals surface area contributed by atoms with Crippen LogP contribution in [-0.2, 0) is 14.8 Å². The second-order valence-electron chi connectivity index (χ2n) is 13.7. The molecule has 0 bridgehead atoms. The van der Waals surface area contributed by atoms with Crippen molar-refractivity contribution in [1.82, 2.24) is 24.5 Å². The summed E-state index contributed by atoms with van der Waals surface area (Å²) in [7, 11) is -3.34. The lowest BCUT2D eigenvalue weighted by atomic mass is 9.72. The molecule has 1 spiro atoms. The molecule has 16 heteroatoms. The third kappa shape index (κ3) is 8.55. The number of sulfonamides is 1. The van der Waals surface area contributed by atoms with Gasteiger partial charge < -0.3 is 24.2 Å². The number of nitrogens with zero attached hydrogens (tertiary/aromatic N) is 5. The summed E-state index contributed by atoms with van der Waals surface area (Å²) in [6.07, 6.45) is 1.53. The summed E-state index contributed by atoms with van der Waals surface area (Å²) in [6, 6.07) is 2.58. The molecular formula is C32H44F4N6O5S. The third-order valence-corrected chi connectivity index (χ3v) is 11.3. The number of aromatic nitrogens is 2. The van der Waals surface area contributed by atoms with Gasteiger partial charge in [0, 0.05) is 37.1 Å². The zero-order chi connectivity index (χ0) is 34.9. The Kier molecular flexibility index (Phi) is 10.9. The van der Waals surface area contributed by atoms with Crippen LogP contribution < -0.4 is 14.4 Å². The van der Waals surface area contributed by atoms with E-state index in [0.29, 0.717) is 30.4 Å². The fraction of sp³-hybridized carbons (Fsp3) is 0.656. The first-order valence-electron chi connectivity index (χ1n) is 16.3. The second-order valence-corrected chi connectivity index (χ2v) is 15.9. The maximum atomic E-state index is 15.1. The number of carbonyl (C=O) groups excluding carboxylic acids is 1. The number of piperidine rings is 1. The maximum absolute atomic E-state index is 15.1. The fourth-order valence-electron chi connectivity index (χ4n) is 6.49.